The second-order valence-electron chi connectivity index (χ2n) is 4.13. The Morgan fingerprint density at radius 2 is 2.05 bits per heavy atom. The third-order valence-electron chi connectivity index (χ3n) is 3.00. The summed E-state index contributed by atoms with van der Waals surface area (Å²) in [5, 5.41) is 4.27. The Balaban J connectivity index is 2.39. The molecule has 0 unspecified atom stereocenters. The van der Waals surface area contributed by atoms with E-state index in [1.165, 1.54) is 0 Å². The van der Waals surface area contributed by atoms with E-state index in [2.05, 4.69) is 26.0 Å². The number of carbonyl (C=O) groups excluding carboxylic acids is 1. The van der Waals surface area contributed by atoms with Crippen LogP contribution in [0, 0.1) is 6.92 Å². The van der Waals surface area contributed by atoms with Crippen molar-refractivity contribution in [2.75, 3.05) is 11.4 Å². The van der Waals surface area contributed by atoms with E-state index >= 15 is 0 Å². The van der Waals surface area contributed by atoms with Crippen molar-refractivity contribution in [2.24, 2.45) is 7.05 Å². The lowest BCUT2D eigenvalue weighted by Gasteiger charge is -2.19. The summed E-state index contributed by atoms with van der Waals surface area (Å²) in [5.74, 6) is -0.121. The molecule has 0 aliphatic rings. The minimum absolute atomic E-state index is 0.121. The van der Waals surface area contributed by atoms with Gasteiger partial charge in [0.25, 0.3) is 5.91 Å². The first-order valence-electron chi connectivity index (χ1n) is 5.97. The standard InChI is InChI=1S/C13H15BrN4O/c1-4-18(10-5-7-15-8-6-10)13(19)12-11(14)9(2)17(3)16-12/h5-8H,4H2,1-3H3. The number of anilines is 1. The number of amides is 1. The van der Waals surface area contributed by atoms with Crippen molar-refractivity contribution in [1.29, 1.82) is 0 Å². The van der Waals surface area contributed by atoms with Crippen molar-refractivity contribution in [3.63, 3.8) is 0 Å². The molecule has 19 heavy (non-hydrogen) atoms. The van der Waals surface area contributed by atoms with Gasteiger partial charge in [0.1, 0.15) is 0 Å². The van der Waals surface area contributed by atoms with Crippen LogP contribution in [0.5, 0.6) is 0 Å². The highest BCUT2D eigenvalue weighted by Gasteiger charge is 2.23. The van der Waals surface area contributed by atoms with Gasteiger partial charge in [-0.05, 0) is 41.9 Å². The van der Waals surface area contributed by atoms with E-state index in [0.29, 0.717) is 12.2 Å². The van der Waals surface area contributed by atoms with Crippen LogP contribution in [-0.4, -0.2) is 27.2 Å². The zero-order valence-electron chi connectivity index (χ0n) is 11.1. The average Bonchev–Trinajstić information content (AvgIpc) is 2.68. The largest absolute Gasteiger partial charge is 0.307 e. The maximum atomic E-state index is 12.6. The van der Waals surface area contributed by atoms with Crippen LogP contribution < -0.4 is 4.90 Å². The van der Waals surface area contributed by atoms with Gasteiger partial charge in [-0.3, -0.25) is 14.5 Å². The molecule has 0 radical (unpaired) electrons. The summed E-state index contributed by atoms with van der Waals surface area (Å²) in [7, 11) is 1.82. The van der Waals surface area contributed by atoms with E-state index in [1.807, 2.05) is 33.0 Å². The normalized spacial score (nSPS) is 10.5. The third-order valence-corrected chi connectivity index (χ3v) is 3.95. The van der Waals surface area contributed by atoms with E-state index in [0.717, 1.165) is 15.9 Å². The van der Waals surface area contributed by atoms with Crippen molar-refractivity contribution < 1.29 is 4.79 Å². The number of aryl methyl sites for hydroxylation is 1. The molecule has 2 rings (SSSR count). The number of halogens is 1. The molecule has 1 amide bonds. The summed E-state index contributed by atoms with van der Waals surface area (Å²) >= 11 is 3.43. The summed E-state index contributed by atoms with van der Waals surface area (Å²) in [6.45, 7) is 4.42. The fourth-order valence-corrected chi connectivity index (χ4v) is 2.32. The minimum Gasteiger partial charge on any atom is -0.307 e. The van der Waals surface area contributed by atoms with E-state index in [-0.39, 0.29) is 5.91 Å². The molecule has 100 valence electrons. The molecule has 6 heteroatoms. The Labute approximate surface area is 120 Å². The third kappa shape index (κ3) is 2.53. The Hall–Kier alpha value is -1.69. The highest BCUT2D eigenvalue weighted by atomic mass is 79.9. The fourth-order valence-electron chi connectivity index (χ4n) is 1.81. The number of rotatable bonds is 3. The van der Waals surface area contributed by atoms with Gasteiger partial charge in [-0.25, -0.2) is 0 Å². The molecule has 0 N–H and O–H groups in total. The monoisotopic (exact) mass is 322 g/mol. The van der Waals surface area contributed by atoms with Gasteiger partial charge in [0.05, 0.1) is 10.2 Å². The summed E-state index contributed by atoms with van der Waals surface area (Å²) in [6.07, 6.45) is 3.34. The number of carbonyl (C=O) groups is 1. The number of pyridine rings is 1. The molecule has 0 aromatic carbocycles. The lowest BCUT2D eigenvalue weighted by atomic mass is 10.3. The van der Waals surface area contributed by atoms with Crippen LogP contribution in [0.15, 0.2) is 29.0 Å². The molecule has 0 atom stereocenters. The predicted molar refractivity (Wildman–Crippen MR) is 77.2 cm³/mol. The fraction of sp³-hybridized carbons (Fsp3) is 0.308. The van der Waals surface area contributed by atoms with Gasteiger partial charge in [0, 0.05) is 31.7 Å². The van der Waals surface area contributed by atoms with Crippen LogP contribution in [0.3, 0.4) is 0 Å². The van der Waals surface area contributed by atoms with Crippen LogP contribution >= 0.6 is 15.9 Å². The zero-order valence-corrected chi connectivity index (χ0v) is 12.7. The maximum Gasteiger partial charge on any atom is 0.279 e. The van der Waals surface area contributed by atoms with Gasteiger partial charge >= 0.3 is 0 Å². The van der Waals surface area contributed by atoms with Gasteiger partial charge in [0.15, 0.2) is 5.69 Å². The number of hydrogen-bond donors (Lipinski definition) is 0. The Morgan fingerprint density at radius 1 is 1.42 bits per heavy atom. The first-order valence-corrected chi connectivity index (χ1v) is 6.76. The SMILES string of the molecule is CCN(C(=O)c1nn(C)c(C)c1Br)c1ccncc1. The Bertz CT molecular complexity index is 594. The summed E-state index contributed by atoms with van der Waals surface area (Å²) in [4.78, 5) is 18.2. The molecular weight excluding hydrogens is 308 g/mol. The molecule has 0 saturated carbocycles. The molecule has 2 heterocycles. The molecule has 2 aromatic rings. The second-order valence-corrected chi connectivity index (χ2v) is 4.92. The van der Waals surface area contributed by atoms with Gasteiger partial charge < -0.3 is 4.90 Å². The molecule has 0 aliphatic heterocycles. The highest BCUT2D eigenvalue weighted by molar-refractivity contribution is 9.10. The summed E-state index contributed by atoms with van der Waals surface area (Å²) in [6, 6.07) is 3.62. The number of hydrogen-bond acceptors (Lipinski definition) is 3. The van der Waals surface area contributed by atoms with Crippen molar-refractivity contribution in [1.82, 2.24) is 14.8 Å². The first-order chi connectivity index (χ1) is 9.06. The molecular formula is C13H15BrN4O. The van der Waals surface area contributed by atoms with Crippen LogP contribution in [0.2, 0.25) is 0 Å². The molecule has 0 fully saturated rings. The molecule has 2 aromatic heterocycles. The number of nitrogens with zero attached hydrogens (tertiary/aromatic N) is 4. The minimum atomic E-state index is -0.121. The van der Waals surface area contributed by atoms with Gasteiger partial charge in [-0.1, -0.05) is 0 Å². The molecule has 5 nitrogen and oxygen atoms in total. The van der Waals surface area contributed by atoms with E-state index in [1.54, 1.807) is 22.0 Å². The van der Waals surface area contributed by atoms with Crippen LogP contribution in [0.4, 0.5) is 5.69 Å². The van der Waals surface area contributed by atoms with Gasteiger partial charge in [-0.2, -0.15) is 5.10 Å². The summed E-state index contributed by atoms with van der Waals surface area (Å²) < 4.78 is 2.44. The van der Waals surface area contributed by atoms with Crippen molar-refractivity contribution in [3.8, 4) is 0 Å². The summed E-state index contributed by atoms with van der Waals surface area (Å²) in [5.41, 5.74) is 2.17. The maximum absolute atomic E-state index is 12.6. The molecule has 0 bridgehead atoms. The van der Waals surface area contributed by atoms with Crippen LogP contribution in [-0.2, 0) is 7.05 Å². The molecule has 0 aliphatic carbocycles. The van der Waals surface area contributed by atoms with Crippen molar-refractivity contribution in [2.45, 2.75) is 13.8 Å². The van der Waals surface area contributed by atoms with Crippen LogP contribution in [0.1, 0.15) is 23.1 Å². The molecule has 0 spiro atoms. The predicted octanol–water partition coefficient (Wildman–Crippen LogP) is 2.55. The lowest BCUT2D eigenvalue weighted by molar-refractivity contribution is 0.0982. The van der Waals surface area contributed by atoms with Gasteiger partial charge in [-0.15, -0.1) is 0 Å². The first kappa shape index (κ1) is 13.7. The van der Waals surface area contributed by atoms with E-state index < -0.39 is 0 Å². The van der Waals surface area contributed by atoms with Crippen molar-refractivity contribution >= 4 is 27.5 Å². The topological polar surface area (TPSA) is 51.0 Å². The lowest BCUT2D eigenvalue weighted by Crippen LogP contribution is -2.31. The Kier molecular flexibility index (Phi) is 3.99. The average molecular weight is 323 g/mol. The van der Waals surface area contributed by atoms with Crippen molar-refractivity contribution in [3.05, 3.63) is 40.4 Å². The number of aromatic nitrogens is 3. The highest BCUT2D eigenvalue weighted by Crippen LogP contribution is 2.23. The van der Waals surface area contributed by atoms with Gasteiger partial charge in [0.2, 0.25) is 0 Å². The quantitative estimate of drug-likeness (QED) is 0.872. The second kappa shape index (κ2) is 5.52. The molecule has 0 saturated heterocycles. The van der Waals surface area contributed by atoms with E-state index in [9.17, 15) is 4.79 Å². The zero-order chi connectivity index (χ0) is 14.0. The Morgan fingerprint density at radius 3 is 2.53 bits per heavy atom. The van der Waals surface area contributed by atoms with E-state index in [4.69, 9.17) is 0 Å². The van der Waals surface area contributed by atoms with Crippen LogP contribution in [0.25, 0.3) is 0 Å². The smallest absolute Gasteiger partial charge is 0.279 e.